The van der Waals surface area contributed by atoms with Crippen molar-refractivity contribution in [1.82, 2.24) is 0 Å². The van der Waals surface area contributed by atoms with E-state index in [1.54, 1.807) is 12.1 Å². The second kappa shape index (κ2) is 12.5. The first-order valence-corrected chi connectivity index (χ1v) is 13.2. The molecule has 3 rings (SSSR count). The van der Waals surface area contributed by atoms with Crippen LogP contribution < -0.4 is 8.92 Å². The summed E-state index contributed by atoms with van der Waals surface area (Å²) in [4.78, 5) is 11.7. The van der Waals surface area contributed by atoms with Crippen LogP contribution in [0.15, 0.2) is 72.8 Å². The minimum atomic E-state index is -4.56. The third-order valence-electron chi connectivity index (χ3n) is 5.05. The zero-order valence-corrected chi connectivity index (χ0v) is 20.4. The summed E-state index contributed by atoms with van der Waals surface area (Å²) in [6, 6.07) is 20.5. The molecule has 3 N–H and O–H groups in total. The first-order valence-electron chi connectivity index (χ1n) is 10.8. The molecule has 0 fully saturated rings. The van der Waals surface area contributed by atoms with Crippen molar-refractivity contribution < 1.29 is 36.9 Å². The summed E-state index contributed by atoms with van der Waals surface area (Å²) in [5.41, 5.74) is 3.02. The smallest absolute Gasteiger partial charge is 0.446 e. The molecule has 0 saturated carbocycles. The van der Waals surface area contributed by atoms with Gasteiger partial charge >= 0.3 is 16.4 Å². The van der Waals surface area contributed by atoms with Crippen LogP contribution in [-0.2, 0) is 34.5 Å². The number of aliphatic carboxylic acids is 1. The van der Waals surface area contributed by atoms with Crippen molar-refractivity contribution in [1.29, 1.82) is 0 Å². The third kappa shape index (κ3) is 9.51. The molecule has 0 heterocycles. The van der Waals surface area contributed by atoms with Crippen molar-refractivity contribution in [2.45, 2.75) is 24.5 Å². The highest BCUT2D eigenvalue weighted by Crippen LogP contribution is 2.21. The van der Waals surface area contributed by atoms with E-state index in [1.807, 2.05) is 36.4 Å². The number of phenolic OH excluding ortho intramolecular Hbond substituents is 1. The number of thioether (sulfide) groups is 1. The molecule has 0 amide bonds. The van der Waals surface area contributed by atoms with Crippen LogP contribution in [0.2, 0.25) is 0 Å². The molecule has 10 heteroatoms. The molecule has 0 saturated heterocycles. The Balaban J connectivity index is 1.43. The van der Waals surface area contributed by atoms with Gasteiger partial charge in [0.25, 0.3) is 0 Å². The monoisotopic (exact) mass is 518 g/mol. The SMILES string of the molecule is O=C(O)C(Cc1ccc(CCOc2ccc(OS(=O)(=O)O)cc2)cc1)SCCc1ccc(O)cc1. The summed E-state index contributed by atoms with van der Waals surface area (Å²) >= 11 is 1.40. The Hall–Kier alpha value is -3.21. The highest BCUT2D eigenvalue weighted by atomic mass is 32.3. The molecular weight excluding hydrogens is 492 g/mol. The summed E-state index contributed by atoms with van der Waals surface area (Å²) in [5.74, 6) is 0.542. The number of rotatable bonds is 13. The van der Waals surface area contributed by atoms with Gasteiger partial charge in [0.05, 0.1) is 6.61 Å². The summed E-state index contributed by atoms with van der Waals surface area (Å²) in [6.45, 7) is 0.392. The fourth-order valence-corrected chi connectivity index (χ4v) is 4.70. The molecule has 1 atom stereocenters. The average molecular weight is 519 g/mol. The zero-order chi connectivity index (χ0) is 25.3. The minimum Gasteiger partial charge on any atom is -0.508 e. The van der Waals surface area contributed by atoms with Crippen molar-refractivity contribution >= 4 is 28.1 Å². The van der Waals surface area contributed by atoms with Gasteiger partial charge in [0.15, 0.2) is 0 Å². The highest BCUT2D eigenvalue weighted by molar-refractivity contribution is 8.00. The van der Waals surface area contributed by atoms with Gasteiger partial charge in [-0.15, -0.1) is 11.8 Å². The van der Waals surface area contributed by atoms with Crippen LogP contribution in [0.4, 0.5) is 0 Å². The van der Waals surface area contributed by atoms with Crippen LogP contribution in [0.5, 0.6) is 17.2 Å². The molecule has 3 aromatic carbocycles. The van der Waals surface area contributed by atoms with Gasteiger partial charge in [0.1, 0.15) is 22.5 Å². The fourth-order valence-electron chi connectivity index (χ4n) is 3.26. The first kappa shape index (κ1) is 26.4. The first-order chi connectivity index (χ1) is 16.7. The molecule has 3 aromatic rings. The fraction of sp³-hybridized carbons (Fsp3) is 0.240. The lowest BCUT2D eigenvalue weighted by Gasteiger charge is -2.13. The highest BCUT2D eigenvalue weighted by Gasteiger charge is 2.18. The van der Waals surface area contributed by atoms with Crippen molar-refractivity contribution in [3.63, 3.8) is 0 Å². The molecule has 35 heavy (non-hydrogen) atoms. The number of carbonyl (C=O) groups is 1. The van der Waals surface area contributed by atoms with E-state index in [9.17, 15) is 23.4 Å². The van der Waals surface area contributed by atoms with Crippen molar-refractivity contribution in [3.8, 4) is 17.2 Å². The maximum atomic E-state index is 11.7. The number of aromatic hydroxyl groups is 1. The van der Waals surface area contributed by atoms with Gasteiger partial charge in [-0.2, -0.15) is 8.42 Å². The standard InChI is InChI=1S/C25H26O8S2/c26-21-7-5-19(6-8-21)14-16-34-24(25(27)28)17-20-3-1-18(2-4-20)13-15-32-22-9-11-23(12-10-22)33-35(29,30)31/h1-12,24,26H,13-17H2,(H,27,28)(H,29,30,31). The second-order valence-electron chi connectivity index (χ2n) is 7.72. The van der Waals surface area contributed by atoms with Crippen LogP contribution in [0.25, 0.3) is 0 Å². The Labute approximate surface area is 208 Å². The van der Waals surface area contributed by atoms with Gasteiger partial charge in [-0.3, -0.25) is 9.35 Å². The number of benzene rings is 3. The van der Waals surface area contributed by atoms with Gasteiger partial charge < -0.3 is 19.1 Å². The molecule has 0 radical (unpaired) electrons. The van der Waals surface area contributed by atoms with Crippen LogP contribution in [0.3, 0.4) is 0 Å². The van der Waals surface area contributed by atoms with E-state index in [1.165, 1.54) is 36.0 Å². The van der Waals surface area contributed by atoms with Crippen LogP contribution in [0, 0.1) is 0 Å². The molecule has 0 aromatic heterocycles. The van der Waals surface area contributed by atoms with E-state index >= 15 is 0 Å². The molecule has 0 aliphatic rings. The van der Waals surface area contributed by atoms with Gasteiger partial charge in [0.2, 0.25) is 0 Å². The molecule has 8 nitrogen and oxygen atoms in total. The number of hydrogen-bond donors (Lipinski definition) is 3. The van der Waals surface area contributed by atoms with E-state index < -0.39 is 21.6 Å². The molecule has 0 aliphatic heterocycles. The Morgan fingerprint density at radius 1 is 0.829 bits per heavy atom. The van der Waals surface area contributed by atoms with Gasteiger partial charge in [-0.1, -0.05) is 36.4 Å². The maximum Gasteiger partial charge on any atom is 0.446 e. The summed E-state index contributed by atoms with van der Waals surface area (Å²) < 4.78 is 40.1. The molecule has 0 spiro atoms. The number of aryl methyl sites for hydroxylation is 1. The molecule has 0 aliphatic carbocycles. The molecular formula is C25H26O8S2. The quantitative estimate of drug-likeness (QED) is 0.285. The lowest BCUT2D eigenvalue weighted by atomic mass is 10.1. The Morgan fingerprint density at radius 2 is 1.37 bits per heavy atom. The van der Waals surface area contributed by atoms with Gasteiger partial charge in [-0.25, -0.2) is 0 Å². The number of carboxylic acid groups (broad SMARTS) is 1. The van der Waals surface area contributed by atoms with Crippen molar-refractivity contribution in [2.24, 2.45) is 0 Å². The maximum absolute atomic E-state index is 11.7. The number of phenols is 1. The van der Waals surface area contributed by atoms with Crippen molar-refractivity contribution in [2.75, 3.05) is 12.4 Å². The van der Waals surface area contributed by atoms with Crippen LogP contribution in [-0.4, -0.2) is 46.8 Å². The number of ether oxygens (including phenoxy) is 1. The van der Waals surface area contributed by atoms with E-state index in [2.05, 4.69) is 4.18 Å². The normalized spacial score (nSPS) is 12.1. The summed E-state index contributed by atoms with van der Waals surface area (Å²) in [5, 5.41) is 18.4. The van der Waals surface area contributed by atoms with E-state index in [0.717, 1.165) is 23.1 Å². The van der Waals surface area contributed by atoms with E-state index in [0.29, 0.717) is 31.0 Å². The van der Waals surface area contributed by atoms with Gasteiger partial charge in [0, 0.05) is 6.42 Å². The summed E-state index contributed by atoms with van der Waals surface area (Å²) in [7, 11) is -4.56. The number of hydrogen-bond acceptors (Lipinski definition) is 7. The molecule has 186 valence electrons. The average Bonchev–Trinajstić information content (AvgIpc) is 2.81. The minimum absolute atomic E-state index is 0.0198. The van der Waals surface area contributed by atoms with Crippen molar-refractivity contribution in [3.05, 3.63) is 89.5 Å². The lowest BCUT2D eigenvalue weighted by Crippen LogP contribution is -2.20. The Morgan fingerprint density at radius 3 is 1.97 bits per heavy atom. The van der Waals surface area contributed by atoms with Crippen LogP contribution in [0.1, 0.15) is 16.7 Å². The largest absolute Gasteiger partial charge is 0.508 e. The summed E-state index contributed by atoms with van der Waals surface area (Å²) in [6.07, 6.45) is 1.78. The van der Waals surface area contributed by atoms with Gasteiger partial charge in [-0.05, 0) is 71.7 Å². The molecule has 1 unspecified atom stereocenters. The predicted molar refractivity (Wildman–Crippen MR) is 134 cm³/mol. The second-order valence-corrected chi connectivity index (χ2v) is 10.0. The topological polar surface area (TPSA) is 130 Å². The van der Waals surface area contributed by atoms with Crippen LogP contribution >= 0.6 is 11.8 Å². The zero-order valence-electron chi connectivity index (χ0n) is 18.7. The number of carboxylic acids is 1. The molecule has 0 bridgehead atoms. The lowest BCUT2D eigenvalue weighted by molar-refractivity contribution is -0.136. The Kier molecular flexibility index (Phi) is 9.41. The predicted octanol–water partition coefficient (Wildman–Crippen LogP) is 4.17. The van der Waals surface area contributed by atoms with E-state index in [-0.39, 0.29) is 11.5 Å². The van der Waals surface area contributed by atoms with E-state index in [4.69, 9.17) is 9.29 Å². The Bertz CT molecular complexity index is 1190. The third-order valence-corrected chi connectivity index (χ3v) is 6.66.